The second-order valence-corrected chi connectivity index (χ2v) is 7.99. The Morgan fingerprint density at radius 2 is 2.00 bits per heavy atom. The van der Waals surface area contributed by atoms with Gasteiger partial charge in [0.25, 0.3) is 5.56 Å². The lowest BCUT2D eigenvalue weighted by Gasteiger charge is -2.11. The molecular formula is C22H28N6O3. The fourth-order valence-electron chi connectivity index (χ4n) is 3.75. The highest BCUT2D eigenvalue weighted by Crippen LogP contribution is 2.46. The summed E-state index contributed by atoms with van der Waals surface area (Å²) >= 11 is 0. The summed E-state index contributed by atoms with van der Waals surface area (Å²) in [5.41, 5.74) is 4.41. The summed E-state index contributed by atoms with van der Waals surface area (Å²) in [5, 5.41) is 11.9. The molecule has 3 heterocycles. The fourth-order valence-corrected chi connectivity index (χ4v) is 3.75. The molecule has 0 bridgehead atoms. The highest BCUT2D eigenvalue weighted by atomic mass is 16.5. The molecular weight excluding hydrogens is 396 g/mol. The van der Waals surface area contributed by atoms with E-state index >= 15 is 0 Å². The highest BCUT2D eigenvalue weighted by Gasteiger charge is 2.40. The van der Waals surface area contributed by atoms with Gasteiger partial charge in [-0.1, -0.05) is 0 Å². The minimum absolute atomic E-state index is 0.196. The summed E-state index contributed by atoms with van der Waals surface area (Å²) in [6.45, 7) is 5.02. The number of hydrogen-bond donors (Lipinski definition) is 1. The number of methoxy groups -OCH3 is 1. The number of nitrogens with zero attached hydrogens (tertiary/aromatic N) is 5. The fraction of sp³-hybridized carbons (Fsp3) is 0.455. The number of aromatic nitrogens is 5. The van der Waals surface area contributed by atoms with Crippen molar-refractivity contribution in [3.8, 4) is 11.6 Å². The van der Waals surface area contributed by atoms with Gasteiger partial charge in [0.15, 0.2) is 0 Å². The van der Waals surface area contributed by atoms with Gasteiger partial charge in [0.05, 0.1) is 25.6 Å². The molecule has 1 aliphatic carbocycles. The number of nitrogens with one attached hydrogen (secondary N) is 1. The summed E-state index contributed by atoms with van der Waals surface area (Å²) in [6.07, 6.45) is 2.76. The lowest BCUT2D eigenvalue weighted by Crippen LogP contribution is -2.24. The molecule has 3 aromatic heterocycles. The Kier molecular flexibility index (Phi) is 5.67. The minimum atomic E-state index is -0.196. The Balaban J connectivity index is 1.39. The first-order valence-corrected chi connectivity index (χ1v) is 10.3. The maximum atomic E-state index is 12.5. The van der Waals surface area contributed by atoms with Gasteiger partial charge < -0.3 is 14.8 Å². The van der Waals surface area contributed by atoms with E-state index in [9.17, 15) is 4.79 Å². The molecule has 1 aliphatic rings. The van der Waals surface area contributed by atoms with Crippen molar-refractivity contribution < 1.29 is 9.47 Å². The first-order chi connectivity index (χ1) is 14.9. The molecule has 3 aromatic rings. The molecule has 0 aromatic carbocycles. The Morgan fingerprint density at radius 3 is 2.65 bits per heavy atom. The highest BCUT2D eigenvalue weighted by molar-refractivity contribution is 5.44. The van der Waals surface area contributed by atoms with Gasteiger partial charge in [0.2, 0.25) is 5.88 Å². The smallest absolute Gasteiger partial charge is 0.290 e. The van der Waals surface area contributed by atoms with Gasteiger partial charge in [0.1, 0.15) is 11.4 Å². The van der Waals surface area contributed by atoms with Crippen molar-refractivity contribution in [2.24, 2.45) is 20.0 Å². The first-order valence-electron chi connectivity index (χ1n) is 10.3. The molecule has 1 N–H and O–H groups in total. The van der Waals surface area contributed by atoms with E-state index in [-0.39, 0.29) is 5.56 Å². The van der Waals surface area contributed by atoms with E-state index in [0.717, 1.165) is 34.8 Å². The van der Waals surface area contributed by atoms with Crippen molar-refractivity contribution in [3.05, 3.63) is 57.4 Å². The van der Waals surface area contributed by atoms with Gasteiger partial charge >= 0.3 is 0 Å². The summed E-state index contributed by atoms with van der Waals surface area (Å²) in [7, 11) is 5.17. The average Bonchev–Trinajstić information content (AvgIpc) is 3.50. The van der Waals surface area contributed by atoms with E-state index in [1.807, 2.05) is 37.7 Å². The molecule has 2 atom stereocenters. The van der Waals surface area contributed by atoms with Crippen LogP contribution in [0.5, 0.6) is 11.6 Å². The Labute approximate surface area is 181 Å². The SMILES string of the molecule is COc1ccc([C@H]2C[C@@H]2COc2cc(NCc3c(C)nn(C)c3C)c(=O)n(C)n2)nc1. The second kappa shape index (κ2) is 8.41. The van der Waals surface area contributed by atoms with Crippen LogP contribution in [0.2, 0.25) is 0 Å². The van der Waals surface area contributed by atoms with Gasteiger partial charge in [-0.15, -0.1) is 5.10 Å². The molecule has 0 spiro atoms. The molecule has 164 valence electrons. The molecule has 1 fully saturated rings. The quantitative estimate of drug-likeness (QED) is 0.593. The summed E-state index contributed by atoms with van der Waals surface area (Å²) in [4.78, 5) is 17.0. The molecule has 0 radical (unpaired) electrons. The lowest BCUT2D eigenvalue weighted by atomic mass is 10.2. The van der Waals surface area contributed by atoms with E-state index in [2.05, 4.69) is 20.5 Å². The number of aryl methyl sites for hydroxylation is 3. The van der Waals surface area contributed by atoms with Crippen molar-refractivity contribution in [2.75, 3.05) is 19.0 Å². The van der Waals surface area contributed by atoms with Gasteiger partial charge in [-0.25, -0.2) is 4.68 Å². The summed E-state index contributed by atoms with van der Waals surface area (Å²) < 4.78 is 14.2. The van der Waals surface area contributed by atoms with E-state index in [1.54, 1.807) is 26.4 Å². The van der Waals surface area contributed by atoms with E-state index < -0.39 is 0 Å². The van der Waals surface area contributed by atoms with Crippen LogP contribution in [-0.2, 0) is 20.6 Å². The van der Waals surface area contributed by atoms with Crippen LogP contribution in [0.25, 0.3) is 0 Å². The minimum Gasteiger partial charge on any atom is -0.495 e. The van der Waals surface area contributed by atoms with Gasteiger partial charge in [0, 0.05) is 55.5 Å². The average molecular weight is 425 g/mol. The van der Waals surface area contributed by atoms with Crippen LogP contribution in [0.4, 0.5) is 5.69 Å². The van der Waals surface area contributed by atoms with Gasteiger partial charge in [-0.3, -0.25) is 14.5 Å². The van der Waals surface area contributed by atoms with Crippen molar-refractivity contribution in [1.29, 1.82) is 0 Å². The zero-order chi connectivity index (χ0) is 22.1. The molecule has 9 nitrogen and oxygen atoms in total. The zero-order valence-electron chi connectivity index (χ0n) is 18.5. The molecule has 9 heteroatoms. The summed E-state index contributed by atoms with van der Waals surface area (Å²) in [5.74, 6) is 1.95. The van der Waals surface area contributed by atoms with Crippen molar-refractivity contribution in [3.63, 3.8) is 0 Å². The van der Waals surface area contributed by atoms with E-state index in [0.29, 0.717) is 36.6 Å². The van der Waals surface area contributed by atoms with Crippen LogP contribution in [0.3, 0.4) is 0 Å². The molecule has 0 unspecified atom stereocenters. The zero-order valence-corrected chi connectivity index (χ0v) is 18.5. The molecule has 0 aliphatic heterocycles. The van der Waals surface area contributed by atoms with Crippen LogP contribution in [-0.4, -0.2) is 38.3 Å². The van der Waals surface area contributed by atoms with Gasteiger partial charge in [-0.05, 0) is 32.4 Å². The second-order valence-electron chi connectivity index (χ2n) is 7.99. The third kappa shape index (κ3) is 4.40. The number of ether oxygens (including phenoxy) is 2. The normalized spacial score (nSPS) is 17.5. The predicted octanol–water partition coefficient (Wildman–Crippen LogP) is 2.33. The Bertz CT molecular complexity index is 1140. The van der Waals surface area contributed by atoms with Crippen LogP contribution in [0, 0.1) is 19.8 Å². The number of hydrogen-bond acceptors (Lipinski definition) is 7. The maximum Gasteiger partial charge on any atom is 0.290 e. The van der Waals surface area contributed by atoms with Crippen molar-refractivity contribution >= 4 is 5.69 Å². The van der Waals surface area contributed by atoms with E-state index in [4.69, 9.17) is 9.47 Å². The third-order valence-electron chi connectivity index (χ3n) is 5.90. The third-order valence-corrected chi connectivity index (χ3v) is 5.90. The number of pyridine rings is 1. The van der Waals surface area contributed by atoms with Crippen LogP contribution < -0.4 is 20.3 Å². The topological polar surface area (TPSA) is 96.1 Å². The summed E-state index contributed by atoms with van der Waals surface area (Å²) in [6, 6.07) is 5.60. The number of rotatable bonds is 8. The predicted molar refractivity (Wildman–Crippen MR) is 117 cm³/mol. The molecule has 0 saturated heterocycles. The van der Waals surface area contributed by atoms with Crippen LogP contribution in [0.15, 0.2) is 29.2 Å². The molecule has 0 amide bonds. The first kappa shape index (κ1) is 20.9. The van der Waals surface area contributed by atoms with Crippen molar-refractivity contribution in [1.82, 2.24) is 24.5 Å². The monoisotopic (exact) mass is 424 g/mol. The molecule has 31 heavy (non-hydrogen) atoms. The van der Waals surface area contributed by atoms with Gasteiger partial charge in [-0.2, -0.15) is 5.10 Å². The molecule has 4 rings (SSSR count). The lowest BCUT2D eigenvalue weighted by molar-refractivity contribution is 0.278. The maximum absolute atomic E-state index is 12.5. The Hall–Kier alpha value is -3.36. The molecule has 1 saturated carbocycles. The number of anilines is 1. The van der Waals surface area contributed by atoms with Crippen molar-refractivity contribution in [2.45, 2.75) is 32.7 Å². The Morgan fingerprint density at radius 1 is 1.19 bits per heavy atom. The van der Waals surface area contributed by atoms with Crippen LogP contribution >= 0.6 is 0 Å². The van der Waals surface area contributed by atoms with E-state index in [1.165, 1.54) is 4.68 Å². The largest absolute Gasteiger partial charge is 0.495 e. The standard InChI is InChI=1S/C22H28N6O3/c1-13-18(14(2)27(3)25-13)11-24-20-9-21(26-28(4)22(20)29)31-12-15-8-17(15)19-7-6-16(30-5)10-23-19/h6-7,9-10,15,17,24H,8,11-12H2,1-5H3/t15-,17+/m1/s1. The van der Waals surface area contributed by atoms with Crippen LogP contribution in [0.1, 0.15) is 35.0 Å².